The van der Waals surface area contributed by atoms with Crippen LogP contribution < -0.4 is 5.32 Å². The molecule has 0 bridgehead atoms. The molecule has 1 heterocycles. The molecule has 0 aromatic rings. The Kier molecular flexibility index (Phi) is 4.84. The number of methoxy groups -OCH3 is 1. The Bertz CT molecular complexity index is 211. The van der Waals surface area contributed by atoms with E-state index in [9.17, 15) is 9.90 Å². The summed E-state index contributed by atoms with van der Waals surface area (Å²) >= 11 is 0. The zero-order valence-corrected chi connectivity index (χ0v) is 9.40. The van der Waals surface area contributed by atoms with Crippen LogP contribution in [0.4, 0.5) is 4.79 Å². The molecular weight excluding hydrogens is 196 g/mol. The number of amides is 2. The van der Waals surface area contributed by atoms with Crippen molar-refractivity contribution in [2.75, 3.05) is 26.8 Å². The van der Waals surface area contributed by atoms with Gasteiger partial charge in [-0.05, 0) is 19.8 Å². The van der Waals surface area contributed by atoms with E-state index in [2.05, 4.69) is 5.32 Å². The Hall–Kier alpha value is -0.810. The van der Waals surface area contributed by atoms with Crippen LogP contribution in [-0.4, -0.2) is 55.0 Å². The molecule has 0 aromatic heterocycles. The number of nitrogens with zero attached hydrogens (tertiary/aromatic N) is 1. The summed E-state index contributed by atoms with van der Waals surface area (Å²) in [6.45, 7) is 3.55. The molecule has 0 aliphatic carbocycles. The minimum atomic E-state index is -0.373. The van der Waals surface area contributed by atoms with E-state index in [-0.39, 0.29) is 18.2 Å². The molecule has 0 radical (unpaired) electrons. The van der Waals surface area contributed by atoms with Gasteiger partial charge in [-0.2, -0.15) is 0 Å². The number of aliphatic hydroxyl groups excluding tert-OH is 1. The third-order valence-corrected chi connectivity index (χ3v) is 2.47. The summed E-state index contributed by atoms with van der Waals surface area (Å²) in [7, 11) is 1.60. The predicted molar refractivity (Wildman–Crippen MR) is 56.7 cm³/mol. The molecule has 0 saturated carbocycles. The molecule has 1 rings (SSSR count). The standard InChI is InChI=1S/C10H20N2O3/c1-8(7-15-2)11-10(14)12-5-3-4-9(13)6-12/h8-9,13H,3-7H2,1-2H3,(H,11,14). The van der Waals surface area contributed by atoms with Crippen molar-refractivity contribution in [3.63, 3.8) is 0 Å². The van der Waals surface area contributed by atoms with Crippen LogP contribution in [0.15, 0.2) is 0 Å². The second kappa shape index (κ2) is 5.92. The van der Waals surface area contributed by atoms with E-state index >= 15 is 0 Å². The molecule has 88 valence electrons. The van der Waals surface area contributed by atoms with Crippen molar-refractivity contribution in [2.24, 2.45) is 0 Å². The highest BCUT2D eigenvalue weighted by Gasteiger charge is 2.22. The van der Waals surface area contributed by atoms with Crippen LogP contribution in [-0.2, 0) is 4.74 Å². The largest absolute Gasteiger partial charge is 0.391 e. The van der Waals surface area contributed by atoms with Crippen LogP contribution in [0.1, 0.15) is 19.8 Å². The van der Waals surface area contributed by atoms with Crippen molar-refractivity contribution in [3.8, 4) is 0 Å². The van der Waals surface area contributed by atoms with Gasteiger partial charge in [0.25, 0.3) is 0 Å². The van der Waals surface area contributed by atoms with Gasteiger partial charge < -0.3 is 20.1 Å². The molecule has 1 saturated heterocycles. The van der Waals surface area contributed by atoms with E-state index in [0.717, 1.165) is 19.4 Å². The molecule has 2 atom stereocenters. The van der Waals surface area contributed by atoms with Gasteiger partial charge in [-0.3, -0.25) is 0 Å². The summed E-state index contributed by atoms with van der Waals surface area (Å²) < 4.78 is 4.93. The molecule has 1 aliphatic heterocycles. The number of urea groups is 1. The fourth-order valence-electron chi connectivity index (χ4n) is 1.73. The van der Waals surface area contributed by atoms with Gasteiger partial charge in [-0.1, -0.05) is 0 Å². The van der Waals surface area contributed by atoms with Crippen molar-refractivity contribution >= 4 is 6.03 Å². The van der Waals surface area contributed by atoms with E-state index in [1.807, 2.05) is 6.92 Å². The molecule has 0 aromatic carbocycles. The van der Waals surface area contributed by atoms with Crippen LogP contribution in [0.3, 0.4) is 0 Å². The number of piperidine rings is 1. The Morgan fingerprint density at radius 2 is 2.47 bits per heavy atom. The number of carbonyl (C=O) groups excluding carboxylic acids is 1. The van der Waals surface area contributed by atoms with Gasteiger partial charge in [0.2, 0.25) is 0 Å². The first kappa shape index (κ1) is 12.3. The summed E-state index contributed by atoms with van der Waals surface area (Å²) in [6.07, 6.45) is 1.28. The van der Waals surface area contributed by atoms with Gasteiger partial charge in [0, 0.05) is 20.2 Å². The second-order valence-electron chi connectivity index (χ2n) is 4.05. The number of hydrogen-bond acceptors (Lipinski definition) is 3. The maximum atomic E-state index is 11.7. The Balaban J connectivity index is 2.32. The zero-order chi connectivity index (χ0) is 11.3. The van der Waals surface area contributed by atoms with Crippen LogP contribution in [0.5, 0.6) is 0 Å². The van der Waals surface area contributed by atoms with Crippen molar-refractivity contribution < 1.29 is 14.6 Å². The molecule has 1 fully saturated rings. The SMILES string of the molecule is COCC(C)NC(=O)N1CCCC(O)C1. The lowest BCUT2D eigenvalue weighted by Crippen LogP contribution is -2.50. The molecule has 2 N–H and O–H groups in total. The highest BCUT2D eigenvalue weighted by molar-refractivity contribution is 5.74. The third-order valence-electron chi connectivity index (χ3n) is 2.47. The number of rotatable bonds is 3. The first-order valence-electron chi connectivity index (χ1n) is 5.36. The number of likely N-dealkylation sites (tertiary alicyclic amines) is 1. The number of hydrogen-bond donors (Lipinski definition) is 2. The van der Waals surface area contributed by atoms with Gasteiger partial charge in [-0.15, -0.1) is 0 Å². The number of β-amino-alcohol motifs (C(OH)–C–C–N with tert-alkyl or cyclic N) is 1. The van der Waals surface area contributed by atoms with Crippen LogP contribution in [0.2, 0.25) is 0 Å². The zero-order valence-electron chi connectivity index (χ0n) is 9.40. The molecule has 0 spiro atoms. The summed E-state index contributed by atoms with van der Waals surface area (Å²) in [4.78, 5) is 13.3. The third kappa shape index (κ3) is 4.05. The van der Waals surface area contributed by atoms with Crippen molar-refractivity contribution in [2.45, 2.75) is 31.9 Å². The van der Waals surface area contributed by atoms with Gasteiger partial charge in [-0.25, -0.2) is 4.79 Å². The van der Waals surface area contributed by atoms with Gasteiger partial charge in [0.15, 0.2) is 0 Å². The second-order valence-corrected chi connectivity index (χ2v) is 4.05. The summed E-state index contributed by atoms with van der Waals surface area (Å²) in [5.74, 6) is 0. The van der Waals surface area contributed by atoms with E-state index in [4.69, 9.17) is 4.74 Å². The minimum Gasteiger partial charge on any atom is -0.391 e. The van der Waals surface area contributed by atoms with E-state index in [0.29, 0.717) is 13.2 Å². The maximum Gasteiger partial charge on any atom is 0.317 e. The molecule has 15 heavy (non-hydrogen) atoms. The van der Waals surface area contributed by atoms with Gasteiger partial charge in [0.05, 0.1) is 18.8 Å². The van der Waals surface area contributed by atoms with Gasteiger partial charge in [0.1, 0.15) is 0 Å². The van der Waals surface area contributed by atoms with E-state index in [1.54, 1.807) is 12.0 Å². The van der Waals surface area contributed by atoms with Crippen LogP contribution in [0, 0.1) is 0 Å². The normalized spacial score (nSPS) is 23.7. The Labute approximate surface area is 90.4 Å². The average molecular weight is 216 g/mol. The fraction of sp³-hybridized carbons (Fsp3) is 0.900. The monoisotopic (exact) mass is 216 g/mol. The number of nitrogens with one attached hydrogen (secondary N) is 1. The lowest BCUT2D eigenvalue weighted by Gasteiger charge is -2.31. The molecule has 2 unspecified atom stereocenters. The quantitative estimate of drug-likeness (QED) is 0.708. The number of carbonyl (C=O) groups is 1. The summed E-state index contributed by atoms with van der Waals surface area (Å²) in [5, 5.41) is 12.2. The molecule has 2 amide bonds. The first-order valence-corrected chi connectivity index (χ1v) is 5.36. The van der Waals surface area contributed by atoms with Crippen molar-refractivity contribution in [3.05, 3.63) is 0 Å². The number of ether oxygens (including phenoxy) is 1. The average Bonchev–Trinajstić information content (AvgIpc) is 2.18. The number of aliphatic hydroxyl groups is 1. The lowest BCUT2D eigenvalue weighted by atomic mass is 10.1. The highest BCUT2D eigenvalue weighted by atomic mass is 16.5. The summed E-state index contributed by atoms with van der Waals surface area (Å²) in [6, 6.07) is -0.111. The van der Waals surface area contributed by atoms with Crippen LogP contribution in [0.25, 0.3) is 0 Å². The Morgan fingerprint density at radius 3 is 3.07 bits per heavy atom. The molecule has 1 aliphatic rings. The predicted octanol–water partition coefficient (Wildman–Crippen LogP) is 0.188. The van der Waals surface area contributed by atoms with E-state index < -0.39 is 0 Å². The molecular formula is C10H20N2O3. The first-order chi connectivity index (χ1) is 7.13. The lowest BCUT2D eigenvalue weighted by molar-refractivity contribution is 0.0816. The maximum absolute atomic E-state index is 11.7. The topological polar surface area (TPSA) is 61.8 Å². The van der Waals surface area contributed by atoms with Gasteiger partial charge >= 0.3 is 6.03 Å². The molecule has 5 heteroatoms. The minimum absolute atomic E-state index is 0.00145. The smallest absolute Gasteiger partial charge is 0.317 e. The summed E-state index contributed by atoms with van der Waals surface area (Å²) in [5.41, 5.74) is 0. The van der Waals surface area contributed by atoms with Crippen molar-refractivity contribution in [1.82, 2.24) is 10.2 Å². The van der Waals surface area contributed by atoms with Crippen molar-refractivity contribution in [1.29, 1.82) is 0 Å². The fourth-order valence-corrected chi connectivity index (χ4v) is 1.73. The highest BCUT2D eigenvalue weighted by Crippen LogP contribution is 2.09. The van der Waals surface area contributed by atoms with E-state index in [1.165, 1.54) is 0 Å². The molecule has 5 nitrogen and oxygen atoms in total. The van der Waals surface area contributed by atoms with Crippen LogP contribution >= 0.6 is 0 Å². The Morgan fingerprint density at radius 1 is 1.73 bits per heavy atom.